The molecule has 0 spiro atoms. The molecule has 7 nitrogen and oxygen atoms in total. The van der Waals surface area contributed by atoms with Crippen LogP contribution in [0.3, 0.4) is 0 Å². The first-order chi connectivity index (χ1) is 12.2. The average Bonchev–Trinajstić information content (AvgIpc) is 3.15. The van der Waals surface area contributed by atoms with Crippen molar-refractivity contribution in [3.8, 4) is 11.6 Å². The molecule has 130 valence electrons. The Kier molecular flexibility index (Phi) is 5.35. The van der Waals surface area contributed by atoms with E-state index >= 15 is 0 Å². The van der Waals surface area contributed by atoms with Crippen molar-refractivity contribution in [1.29, 1.82) is 0 Å². The van der Waals surface area contributed by atoms with Gasteiger partial charge in [-0.2, -0.15) is 4.68 Å². The van der Waals surface area contributed by atoms with Gasteiger partial charge < -0.3 is 10.1 Å². The lowest BCUT2D eigenvalue weighted by atomic mass is 10.1. The van der Waals surface area contributed by atoms with Crippen LogP contribution in [-0.2, 0) is 13.0 Å². The monoisotopic (exact) mass is 338 g/mol. The molecule has 0 aliphatic rings. The number of rotatable bonds is 7. The molecule has 0 fully saturated rings. The second-order valence-electron chi connectivity index (χ2n) is 5.76. The Balaban J connectivity index is 1.70. The maximum Gasteiger partial charge on any atom is 0.172 e. The summed E-state index contributed by atoms with van der Waals surface area (Å²) in [4.78, 5) is 4.37. The van der Waals surface area contributed by atoms with E-state index < -0.39 is 0 Å². The fourth-order valence-electron chi connectivity index (χ4n) is 2.55. The van der Waals surface area contributed by atoms with E-state index in [0.29, 0.717) is 6.54 Å². The summed E-state index contributed by atoms with van der Waals surface area (Å²) in [7, 11) is 1.66. The zero-order valence-electron chi connectivity index (χ0n) is 14.7. The van der Waals surface area contributed by atoms with Crippen LogP contribution in [0.5, 0.6) is 5.75 Å². The second kappa shape index (κ2) is 7.85. The molecule has 25 heavy (non-hydrogen) atoms. The molecule has 0 saturated heterocycles. The van der Waals surface area contributed by atoms with Crippen molar-refractivity contribution in [2.45, 2.75) is 32.9 Å². The standard InChI is InChI=1S/C18H22N6O/c1-4-14-9-10-19-17(11-14)24-18(21-22-23-24)12-20-13(2)15-5-7-16(25-3)8-6-15/h5-11,13,20H,4,12H2,1-3H3. The zero-order chi connectivity index (χ0) is 17.6. The Bertz CT molecular complexity index is 814. The largest absolute Gasteiger partial charge is 0.497 e. The van der Waals surface area contributed by atoms with Crippen LogP contribution < -0.4 is 10.1 Å². The maximum atomic E-state index is 5.19. The van der Waals surface area contributed by atoms with Gasteiger partial charge in [-0.25, -0.2) is 4.98 Å². The van der Waals surface area contributed by atoms with E-state index in [1.54, 1.807) is 18.0 Å². The molecule has 2 heterocycles. The number of aromatic nitrogens is 5. The van der Waals surface area contributed by atoms with Crippen LogP contribution in [0.15, 0.2) is 42.6 Å². The van der Waals surface area contributed by atoms with Gasteiger partial charge in [0, 0.05) is 12.2 Å². The van der Waals surface area contributed by atoms with Gasteiger partial charge in [0.15, 0.2) is 11.6 Å². The van der Waals surface area contributed by atoms with Crippen LogP contribution in [-0.4, -0.2) is 32.3 Å². The minimum absolute atomic E-state index is 0.158. The maximum absolute atomic E-state index is 5.19. The lowest BCUT2D eigenvalue weighted by Crippen LogP contribution is -2.21. The number of nitrogens with one attached hydrogen (secondary N) is 1. The number of benzene rings is 1. The fraction of sp³-hybridized carbons (Fsp3) is 0.333. The lowest BCUT2D eigenvalue weighted by molar-refractivity contribution is 0.414. The summed E-state index contributed by atoms with van der Waals surface area (Å²) in [5, 5.41) is 15.4. The summed E-state index contributed by atoms with van der Waals surface area (Å²) in [6.07, 6.45) is 2.73. The van der Waals surface area contributed by atoms with E-state index in [0.717, 1.165) is 23.8 Å². The van der Waals surface area contributed by atoms with E-state index in [4.69, 9.17) is 4.74 Å². The van der Waals surface area contributed by atoms with Crippen molar-refractivity contribution in [3.05, 3.63) is 59.5 Å². The topological polar surface area (TPSA) is 77.8 Å². The van der Waals surface area contributed by atoms with E-state index in [1.165, 1.54) is 11.1 Å². The van der Waals surface area contributed by atoms with Crippen LogP contribution in [0.1, 0.15) is 36.8 Å². The highest BCUT2D eigenvalue weighted by Crippen LogP contribution is 2.17. The van der Waals surface area contributed by atoms with Crippen molar-refractivity contribution >= 4 is 0 Å². The SMILES string of the molecule is CCc1ccnc(-n2nnnc2CNC(C)c2ccc(OC)cc2)c1. The molecule has 0 amide bonds. The second-order valence-corrected chi connectivity index (χ2v) is 5.76. The van der Waals surface area contributed by atoms with Gasteiger partial charge in [0.2, 0.25) is 0 Å². The van der Waals surface area contributed by atoms with Gasteiger partial charge in [0.25, 0.3) is 0 Å². The predicted octanol–water partition coefficient (Wildman–Crippen LogP) is 2.48. The number of aryl methyl sites for hydroxylation is 1. The Labute approximate surface area is 147 Å². The van der Waals surface area contributed by atoms with Crippen molar-refractivity contribution in [2.75, 3.05) is 7.11 Å². The minimum Gasteiger partial charge on any atom is -0.497 e. The van der Waals surface area contributed by atoms with Crippen LogP contribution in [0, 0.1) is 0 Å². The van der Waals surface area contributed by atoms with Gasteiger partial charge >= 0.3 is 0 Å². The first kappa shape index (κ1) is 17.0. The van der Waals surface area contributed by atoms with Gasteiger partial charge in [-0.1, -0.05) is 19.1 Å². The average molecular weight is 338 g/mol. The molecule has 0 radical (unpaired) electrons. The van der Waals surface area contributed by atoms with Gasteiger partial charge in [0.1, 0.15) is 5.75 Å². The number of hydrogen-bond donors (Lipinski definition) is 1. The summed E-state index contributed by atoms with van der Waals surface area (Å²) in [6, 6.07) is 12.2. The molecular weight excluding hydrogens is 316 g/mol. The normalized spacial score (nSPS) is 12.1. The highest BCUT2D eigenvalue weighted by molar-refractivity contribution is 5.29. The Morgan fingerprint density at radius 3 is 2.72 bits per heavy atom. The summed E-state index contributed by atoms with van der Waals surface area (Å²) in [6.45, 7) is 4.75. The van der Waals surface area contributed by atoms with E-state index in [2.05, 4.69) is 39.7 Å². The number of nitrogens with zero attached hydrogens (tertiary/aromatic N) is 5. The van der Waals surface area contributed by atoms with E-state index in [9.17, 15) is 0 Å². The van der Waals surface area contributed by atoms with Crippen LogP contribution in [0.2, 0.25) is 0 Å². The molecule has 3 rings (SSSR count). The van der Waals surface area contributed by atoms with Gasteiger partial charge in [-0.15, -0.1) is 5.10 Å². The van der Waals surface area contributed by atoms with Crippen LogP contribution in [0.4, 0.5) is 0 Å². The molecule has 1 unspecified atom stereocenters. The smallest absolute Gasteiger partial charge is 0.172 e. The molecule has 1 aromatic carbocycles. The lowest BCUT2D eigenvalue weighted by Gasteiger charge is -2.14. The van der Waals surface area contributed by atoms with E-state index in [1.807, 2.05) is 36.4 Å². The minimum atomic E-state index is 0.158. The van der Waals surface area contributed by atoms with Crippen molar-refractivity contribution in [2.24, 2.45) is 0 Å². The number of pyridine rings is 1. The quantitative estimate of drug-likeness (QED) is 0.713. The Morgan fingerprint density at radius 2 is 2.00 bits per heavy atom. The third-order valence-electron chi connectivity index (χ3n) is 4.15. The summed E-state index contributed by atoms with van der Waals surface area (Å²) >= 11 is 0. The first-order valence-corrected chi connectivity index (χ1v) is 8.31. The number of tetrazole rings is 1. The highest BCUT2D eigenvalue weighted by Gasteiger charge is 2.12. The number of ether oxygens (including phenoxy) is 1. The molecule has 2 aromatic heterocycles. The summed E-state index contributed by atoms with van der Waals surface area (Å²) in [5.41, 5.74) is 2.37. The van der Waals surface area contributed by atoms with Crippen LogP contribution in [0.25, 0.3) is 5.82 Å². The van der Waals surface area contributed by atoms with E-state index in [-0.39, 0.29) is 6.04 Å². The third kappa shape index (κ3) is 4.00. The molecular formula is C18H22N6O. The molecule has 3 aromatic rings. The van der Waals surface area contributed by atoms with Crippen molar-refractivity contribution < 1.29 is 4.74 Å². The molecule has 7 heteroatoms. The number of methoxy groups -OCH3 is 1. The van der Waals surface area contributed by atoms with Crippen LogP contribution >= 0.6 is 0 Å². The Morgan fingerprint density at radius 1 is 1.20 bits per heavy atom. The third-order valence-corrected chi connectivity index (χ3v) is 4.15. The molecule has 1 N–H and O–H groups in total. The van der Waals surface area contributed by atoms with Gasteiger partial charge in [0.05, 0.1) is 13.7 Å². The van der Waals surface area contributed by atoms with Gasteiger partial charge in [-0.3, -0.25) is 0 Å². The van der Waals surface area contributed by atoms with Crippen molar-refractivity contribution in [3.63, 3.8) is 0 Å². The summed E-state index contributed by atoms with van der Waals surface area (Å²) in [5.74, 6) is 2.31. The molecule has 0 bridgehead atoms. The highest BCUT2D eigenvalue weighted by atomic mass is 16.5. The molecule has 1 atom stereocenters. The molecule has 0 aliphatic heterocycles. The summed E-state index contributed by atoms with van der Waals surface area (Å²) < 4.78 is 6.87. The van der Waals surface area contributed by atoms with Gasteiger partial charge in [-0.05, 0) is 59.2 Å². The predicted molar refractivity (Wildman–Crippen MR) is 94.6 cm³/mol. The Hall–Kier alpha value is -2.80. The number of hydrogen-bond acceptors (Lipinski definition) is 6. The fourth-order valence-corrected chi connectivity index (χ4v) is 2.55. The first-order valence-electron chi connectivity index (χ1n) is 8.31. The molecule has 0 saturated carbocycles. The zero-order valence-corrected chi connectivity index (χ0v) is 14.7. The van der Waals surface area contributed by atoms with Crippen molar-refractivity contribution in [1.82, 2.24) is 30.5 Å². The molecule has 0 aliphatic carbocycles.